The number of allylic oxidation sites excluding steroid dienone is 1. The minimum Gasteiger partial charge on any atom is -0.396 e. The van der Waals surface area contributed by atoms with E-state index in [2.05, 4.69) is 30.3 Å². The Morgan fingerprint density at radius 2 is 1.37 bits per heavy atom. The van der Waals surface area contributed by atoms with Gasteiger partial charge >= 0.3 is 0 Å². The number of nitriles is 2. The SMILES string of the molecule is N#CC(C#N)=C1c2ccccc2-c2c1cccc2-c1ccc(CCO)cc1. The Balaban J connectivity index is 1.98. The third-order valence-electron chi connectivity index (χ3n) is 4.94. The number of benzene rings is 3. The molecule has 0 radical (unpaired) electrons. The van der Waals surface area contributed by atoms with Gasteiger partial charge in [0.1, 0.15) is 17.7 Å². The third-order valence-corrected chi connectivity index (χ3v) is 4.94. The van der Waals surface area contributed by atoms with E-state index in [-0.39, 0.29) is 12.2 Å². The van der Waals surface area contributed by atoms with Crippen LogP contribution in [0.1, 0.15) is 16.7 Å². The Labute approximate surface area is 158 Å². The molecule has 0 saturated carbocycles. The molecule has 0 atom stereocenters. The lowest BCUT2D eigenvalue weighted by molar-refractivity contribution is 0.299. The second kappa shape index (κ2) is 6.92. The first kappa shape index (κ1) is 16.8. The number of rotatable bonds is 3. The van der Waals surface area contributed by atoms with Gasteiger partial charge in [-0.15, -0.1) is 0 Å². The Bertz CT molecular complexity index is 1130. The Hall–Kier alpha value is -3.66. The molecule has 3 aromatic rings. The Morgan fingerprint density at radius 3 is 2.04 bits per heavy atom. The molecule has 0 bridgehead atoms. The van der Waals surface area contributed by atoms with E-state index in [1.54, 1.807) is 0 Å². The van der Waals surface area contributed by atoms with Crippen molar-refractivity contribution < 1.29 is 5.11 Å². The maximum atomic E-state index is 9.45. The highest BCUT2D eigenvalue weighted by atomic mass is 16.2. The summed E-state index contributed by atoms with van der Waals surface area (Å²) in [6, 6.07) is 26.2. The maximum Gasteiger partial charge on any atom is 0.138 e. The monoisotopic (exact) mass is 348 g/mol. The number of hydrogen-bond acceptors (Lipinski definition) is 3. The van der Waals surface area contributed by atoms with Gasteiger partial charge in [0.2, 0.25) is 0 Å². The van der Waals surface area contributed by atoms with Gasteiger partial charge in [-0.25, -0.2) is 0 Å². The van der Waals surface area contributed by atoms with Crippen LogP contribution in [-0.4, -0.2) is 11.7 Å². The molecule has 0 aromatic heterocycles. The summed E-state index contributed by atoms with van der Waals surface area (Å²) < 4.78 is 0. The standard InChI is InChI=1S/C24H16N2O/c25-14-18(15-26)23-20-4-1-2-5-21(20)24-19(6-3-7-22(23)24)17-10-8-16(9-11-17)12-13-27/h1-11,27H,12-13H2. The second-order valence-corrected chi connectivity index (χ2v) is 6.42. The molecule has 3 aromatic carbocycles. The van der Waals surface area contributed by atoms with Crippen LogP contribution in [-0.2, 0) is 6.42 Å². The van der Waals surface area contributed by atoms with Crippen molar-refractivity contribution in [2.24, 2.45) is 0 Å². The van der Waals surface area contributed by atoms with Crippen molar-refractivity contribution in [3.05, 3.63) is 89.0 Å². The maximum absolute atomic E-state index is 9.45. The van der Waals surface area contributed by atoms with Crippen LogP contribution in [0.2, 0.25) is 0 Å². The van der Waals surface area contributed by atoms with E-state index in [9.17, 15) is 10.5 Å². The van der Waals surface area contributed by atoms with Gasteiger partial charge < -0.3 is 5.11 Å². The van der Waals surface area contributed by atoms with Crippen LogP contribution < -0.4 is 0 Å². The zero-order valence-electron chi connectivity index (χ0n) is 14.6. The molecular weight excluding hydrogens is 332 g/mol. The molecule has 0 fully saturated rings. The van der Waals surface area contributed by atoms with Crippen molar-refractivity contribution in [3.63, 3.8) is 0 Å². The number of hydrogen-bond donors (Lipinski definition) is 1. The Morgan fingerprint density at radius 1 is 0.741 bits per heavy atom. The molecule has 0 spiro atoms. The fraction of sp³-hybridized carbons (Fsp3) is 0.0833. The van der Waals surface area contributed by atoms with Crippen molar-refractivity contribution >= 4 is 5.57 Å². The fourth-order valence-corrected chi connectivity index (χ4v) is 3.74. The zero-order valence-corrected chi connectivity index (χ0v) is 14.6. The van der Waals surface area contributed by atoms with Crippen LogP contribution in [0.3, 0.4) is 0 Å². The quantitative estimate of drug-likeness (QED) is 0.545. The second-order valence-electron chi connectivity index (χ2n) is 6.42. The van der Waals surface area contributed by atoms with E-state index >= 15 is 0 Å². The van der Waals surface area contributed by atoms with Gasteiger partial charge in [0, 0.05) is 12.2 Å². The molecule has 3 heteroatoms. The highest BCUT2D eigenvalue weighted by Gasteiger charge is 2.28. The number of aliphatic hydroxyl groups excluding tert-OH is 1. The molecule has 1 aliphatic rings. The minimum atomic E-state index is 0.132. The fourth-order valence-electron chi connectivity index (χ4n) is 3.74. The van der Waals surface area contributed by atoms with Crippen LogP contribution in [0, 0.1) is 22.7 Å². The van der Waals surface area contributed by atoms with E-state index in [4.69, 9.17) is 5.11 Å². The summed E-state index contributed by atoms with van der Waals surface area (Å²) in [7, 11) is 0. The van der Waals surface area contributed by atoms with Gasteiger partial charge in [0.15, 0.2) is 0 Å². The van der Waals surface area contributed by atoms with Gasteiger partial charge in [-0.3, -0.25) is 0 Å². The summed E-state index contributed by atoms with van der Waals surface area (Å²) in [4.78, 5) is 0. The molecule has 27 heavy (non-hydrogen) atoms. The summed E-state index contributed by atoms with van der Waals surface area (Å²) >= 11 is 0. The van der Waals surface area contributed by atoms with Gasteiger partial charge in [-0.1, -0.05) is 66.7 Å². The molecule has 3 nitrogen and oxygen atoms in total. The molecule has 0 aliphatic heterocycles. The topological polar surface area (TPSA) is 67.8 Å². The van der Waals surface area contributed by atoms with E-state index < -0.39 is 0 Å². The van der Waals surface area contributed by atoms with Crippen molar-refractivity contribution in [3.8, 4) is 34.4 Å². The van der Waals surface area contributed by atoms with Crippen LogP contribution in [0.5, 0.6) is 0 Å². The molecular formula is C24H16N2O. The highest BCUT2D eigenvalue weighted by molar-refractivity contribution is 6.08. The number of fused-ring (bicyclic) bond motifs is 3. The van der Waals surface area contributed by atoms with Crippen molar-refractivity contribution in [2.75, 3.05) is 6.61 Å². The summed E-state index contributed by atoms with van der Waals surface area (Å²) in [6.45, 7) is 0.132. The number of nitrogens with zero attached hydrogens (tertiary/aromatic N) is 2. The van der Waals surface area contributed by atoms with E-state index in [0.717, 1.165) is 38.9 Å². The third kappa shape index (κ3) is 2.72. The predicted molar refractivity (Wildman–Crippen MR) is 105 cm³/mol. The lowest BCUT2D eigenvalue weighted by Crippen LogP contribution is -1.91. The van der Waals surface area contributed by atoms with Crippen molar-refractivity contribution in [1.82, 2.24) is 0 Å². The van der Waals surface area contributed by atoms with E-state index in [1.165, 1.54) is 0 Å². The van der Waals surface area contributed by atoms with Crippen LogP contribution in [0.15, 0.2) is 72.3 Å². The first-order valence-corrected chi connectivity index (χ1v) is 8.76. The van der Waals surface area contributed by atoms with Crippen molar-refractivity contribution in [1.29, 1.82) is 10.5 Å². The number of aliphatic hydroxyl groups is 1. The van der Waals surface area contributed by atoms with Crippen LogP contribution in [0.4, 0.5) is 0 Å². The first-order chi connectivity index (χ1) is 13.3. The summed E-state index contributed by atoms with van der Waals surface area (Å²) in [5, 5.41) is 28.0. The van der Waals surface area contributed by atoms with Gasteiger partial charge in [-0.05, 0) is 45.4 Å². The van der Waals surface area contributed by atoms with Crippen LogP contribution in [0.25, 0.3) is 27.8 Å². The van der Waals surface area contributed by atoms with Gasteiger partial charge in [-0.2, -0.15) is 10.5 Å². The minimum absolute atomic E-state index is 0.132. The highest BCUT2D eigenvalue weighted by Crippen LogP contribution is 2.49. The first-order valence-electron chi connectivity index (χ1n) is 8.76. The van der Waals surface area contributed by atoms with E-state index in [0.29, 0.717) is 12.0 Å². The largest absolute Gasteiger partial charge is 0.396 e. The molecule has 0 heterocycles. The van der Waals surface area contributed by atoms with E-state index in [1.807, 2.05) is 48.5 Å². The molecule has 0 saturated heterocycles. The average molecular weight is 348 g/mol. The molecule has 0 amide bonds. The predicted octanol–water partition coefficient (Wildman–Crippen LogP) is 4.72. The van der Waals surface area contributed by atoms with Gasteiger partial charge in [0.05, 0.1) is 0 Å². The average Bonchev–Trinajstić information content (AvgIpc) is 3.05. The van der Waals surface area contributed by atoms with Gasteiger partial charge in [0.25, 0.3) is 0 Å². The summed E-state index contributed by atoms with van der Waals surface area (Å²) in [5.74, 6) is 0. The summed E-state index contributed by atoms with van der Waals surface area (Å²) in [5.41, 5.74) is 8.02. The van der Waals surface area contributed by atoms with Crippen LogP contribution >= 0.6 is 0 Å². The molecule has 1 aliphatic carbocycles. The molecule has 128 valence electrons. The molecule has 0 unspecified atom stereocenters. The Kier molecular flexibility index (Phi) is 4.30. The molecule has 4 rings (SSSR count). The van der Waals surface area contributed by atoms with Crippen molar-refractivity contribution in [2.45, 2.75) is 6.42 Å². The smallest absolute Gasteiger partial charge is 0.138 e. The zero-order chi connectivity index (χ0) is 18.8. The molecule has 1 N–H and O–H groups in total. The lowest BCUT2D eigenvalue weighted by atomic mass is 9.93. The normalized spacial score (nSPS) is 11.3. The lowest BCUT2D eigenvalue weighted by Gasteiger charge is -2.11. The summed E-state index contributed by atoms with van der Waals surface area (Å²) in [6.07, 6.45) is 0.636.